The number of carbonyl (C=O) groups is 1. The first kappa shape index (κ1) is 10.2. The fourth-order valence-corrected chi connectivity index (χ4v) is 0.426. The molecule has 0 bridgehead atoms. The standard InChI is InChI=1S/C9H17NO/c1-7(2)6-10-8(11)9(3,4)5/h6H,1-5H3,(H,10,11). The minimum atomic E-state index is -0.300. The lowest BCUT2D eigenvalue weighted by Crippen LogP contribution is -2.31. The Bertz CT molecular complexity index is 170. The molecule has 2 heteroatoms. The van der Waals surface area contributed by atoms with Crippen molar-refractivity contribution < 1.29 is 4.79 Å². The van der Waals surface area contributed by atoms with Crippen molar-refractivity contribution in [3.05, 3.63) is 11.8 Å². The second-order valence-electron chi connectivity index (χ2n) is 3.95. The van der Waals surface area contributed by atoms with Gasteiger partial charge in [0.25, 0.3) is 0 Å². The molecule has 0 heterocycles. The van der Waals surface area contributed by atoms with E-state index in [-0.39, 0.29) is 11.3 Å². The molecule has 0 aliphatic rings. The summed E-state index contributed by atoms with van der Waals surface area (Å²) >= 11 is 0. The minimum absolute atomic E-state index is 0.0544. The van der Waals surface area contributed by atoms with Crippen LogP contribution < -0.4 is 5.32 Å². The third-order valence-corrected chi connectivity index (χ3v) is 1.17. The summed E-state index contributed by atoms with van der Waals surface area (Å²) in [5.41, 5.74) is 0.800. The zero-order valence-corrected chi connectivity index (χ0v) is 7.99. The molecule has 0 rings (SSSR count). The van der Waals surface area contributed by atoms with Crippen LogP contribution in [0.1, 0.15) is 34.6 Å². The molecular weight excluding hydrogens is 138 g/mol. The predicted octanol–water partition coefficient (Wildman–Crippen LogP) is 2.07. The van der Waals surface area contributed by atoms with Crippen molar-refractivity contribution >= 4 is 5.91 Å². The fraction of sp³-hybridized carbons (Fsp3) is 0.667. The number of hydrogen-bond acceptors (Lipinski definition) is 1. The largest absolute Gasteiger partial charge is 0.332 e. The molecule has 2 nitrogen and oxygen atoms in total. The highest BCUT2D eigenvalue weighted by molar-refractivity contribution is 5.82. The summed E-state index contributed by atoms with van der Waals surface area (Å²) in [7, 11) is 0. The second kappa shape index (κ2) is 3.56. The minimum Gasteiger partial charge on any atom is -0.332 e. The van der Waals surface area contributed by atoms with Gasteiger partial charge in [0.05, 0.1) is 0 Å². The van der Waals surface area contributed by atoms with Crippen LogP contribution in [0.5, 0.6) is 0 Å². The molecule has 64 valence electrons. The van der Waals surface area contributed by atoms with E-state index in [2.05, 4.69) is 5.32 Å². The van der Waals surface area contributed by atoms with Gasteiger partial charge in [0.2, 0.25) is 5.91 Å². The van der Waals surface area contributed by atoms with Gasteiger partial charge in [0.15, 0.2) is 0 Å². The van der Waals surface area contributed by atoms with Gasteiger partial charge in [-0.25, -0.2) is 0 Å². The molecule has 0 saturated carbocycles. The van der Waals surface area contributed by atoms with Crippen molar-refractivity contribution in [2.75, 3.05) is 0 Å². The van der Waals surface area contributed by atoms with Crippen LogP contribution in [0.4, 0.5) is 0 Å². The average Bonchev–Trinajstić information content (AvgIpc) is 1.80. The molecule has 0 fully saturated rings. The lowest BCUT2D eigenvalue weighted by atomic mass is 9.96. The molecule has 0 saturated heterocycles. The zero-order chi connectivity index (χ0) is 9.07. The SMILES string of the molecule is CC(C)=CNC(=O)C(C)(C)C. The van der Waals surface area contributed by atoms with E-state index in [9.17, 15) is 4.79 Å². The Balaban J connectivity index is 4.01. The first-order valence-electron chi connectivity index (χ1n) is 3.78. The highest BCUT2D eigenvalue weighted by Crippen LogP contribution is 2.12. The smallest absolute Gasteiger partial charge is 0.229 e. The van der Waals surface area contributed by atoms with Gasteiger partial charge >= 0.3 is 0 Å². The van der Waals surface area contributed by atoms with Crippen molar-refractivity contribution in [2.24, 2.45) is 5.41 Å². The Labute approximate surface area is 68.7 Å². The van der Waals surface area contributed by atoms with Gasteiger partial charge in [-0.1, -0.05) is 26.3 Å². The van der Waals surface area contributed by atoms with Gasteiger partial charge < -0.3 is 5.32 Å². The normalized spacial score (nSPS) is 10.6. The van der Waals surface area contributed by atoms with Crippen molar-refractivity contribution in [3.8, 4) is 0 Å². The van der Waals surface area contributed by atoms with Gasteiger partial charge in [-0.05, 0) is 13.8 Å². The van der Waals surface area contributed by atoms with E-state index < -0.39 is 0 Å². The van der Waals surface area contributed by atoms with Gasteiger partial charge in [-0.2, -0.15) is 0 Å². The summed E-state index contributed by atoms with van der Waals surface area (Å²) in [6.45, 7) is 9.56. The molecule has 0 spiro atoms. The molecule has 1 amide bonds. The molecule has 11 heavy (non-hydrogen) atoms. The Kier molecular flexibility index (Phi) is 3.30. The van der Waals surface area contributed by atoms with Gasteiger partial charge in [-0.15, -0.1) is 0 Å². The molecule has 0 radical (unpaired) electrons. The predicted molar refractivity (Wildman–Crippen MR) is 47.0 cm³/mol. The Morgan fingerprint density at radius 2 is 1.73 bits per heavy atom. The van der Waals surface area contributed by atoms with Crippen LogP contribution in [0.15, 0.2) is 11.8 Å². The molecule has 0 aromatic carbocycles. The highest BCUT2D eigenvalue weighted by Gasteiger charge is 2.19. The van der Waals surface area contributed by atoms with E-state index in [4.69, 9.17) is 0 Å². The lowest BCUT2D eigenvalue weighted by molar-refractivity contribution is -0.127. The van der Waals surface area contributed by atoms with E-state index in [1.54, 1.807) is 6.20 Å². The van der Waals surface area contributed by atoms with Crippen LogP contribution in [-0.2, 0) is 4.79 Å². The maximum atomic E-state index is 11.2. The summed E-state index contributed by atoms with van der Waals surface area (Å²) < 4.78 is 0. The number of nitrogens with one attached hydrogen (secondary N) is 1. The van der Waals surface area contributed by atoms with Crippen molar-refractivity contribution in [1.29, 1.82) is 0 Å². The Morgan fingerprint density at radius 1 is 1.27 bits per heavy atom. The number of rotatable bonds is 1. The molecule has 0 aliphatic heterocycles. The summed E-state index contributed by atoms with van der Waals surface area (Å²) in [4.78, 5) is 11.2. The summed E-state index contributed by atoms with van der Waals surface area (Å²) in [6, 6.07) is 0. The summed E-state index contributed by atoms with van der Waals surface area (Å²) in [5, 5.41) is 2.72. The van der Waals surface area contributed by atoms with Crippen LogP contribution in [0.2, 0.25) is 0 Å². The van der Waals surface area contributed by atoms with Crippen LogP contribution in [0.25, 0.3) is 0 Å². The van der Waals surface area contributed by atoms with Crippen molar-refractivity contribution in [3.63, 3.8) is 0 Å². The topological polar surface area (TPSA) is 29.1 Å². The molecule has 0 aromatic heterocycles. The molecule has 0 unspecified atom stereocenters. The van der Waals surface area contributed by atoms with Crippen molar-refractivity contribution in [2.45, 2.75) is 34.6 Å². The maximum Gasteiger partial charge on any atom is 0.229 e. The first-order chi connectivity index (χ1) is 4.84. The molecule has 0 atom stereocenters. The summed E-state index contributed by atoms with van der Waals surface area (Å²) in [5.74, 6) is 0.0544. The highest BCUT2D eigenvalue weighted by atomic mass is 16.2. The van der Waals surface area contributed by atoms with Gasteiger partial charge in [-0.3, -0.25) is 4.79 Å². The van der Waals surface area contributed by atoms with Gasteiger partial charge in [0.1, 0.15) is 0 Å². The summed E-state index contributed by atoms with van der Waals surface area (Å²) in [6.07, 6.45) is 1.73. The van der Waals surface area contributed by atoms with E-state index in [1.165, 1.54) is 0 Å². The Hall–Kier alpha value is -0.790. The van der Waals surface area contributed by atoms with Crippen LogP contribution >= 0.6 is 0 Å². The van der Waals surface area contributed by atoms with Crippen LogP contribution in [0, 0.1) is 5.41 Å². The number of hydrogen-bond donors (Lipinski definition) is 1. The first-order valence-corrected chi connectivity index (χ1v) is 3.78. The maximum absolute atomic E-state index is 11.2. The molecule has 1 N–H and O–H groups in total. The second-order valence-corrected chi connectivity index (χ2v) is 3.95. The van der Waals surface area contributed by atoms with E-state index in [0.29, 0.717) is 0 Å². The molecular formula is C9H17NO. The van der Waals surface area contributed by atoms with Crippen molar-refractivity contribution in [1.82, 2.24) is 5.32 Å². The quantitative estimate of drug-likeness (QED) is 0.617. The van der Waals surface area contributed by atoms with E-state index >= 15 is 0 Å². The van der Waals surface area contributed by atoms with Gasteiger partial charge in [0, 0.05) is 11.6 Å². The fourth-order valence-electron chi connectivity index (χ4n) is 0.426. The molecule has 0 aliphatic carbocycles. The lowest BCUT2D eigenvalue weighted by Gasteiger charge is -2.15. The Morgan fingerprint density at radius 3 is 2.00 bits per heavy atom. The van der Waals surface area contributed by atoms with E-state index in [1.807, 2.05) is 34.6 Å². The third-order valence-electron chi connectivity index (χ3n) is 1.17. The monoisotopic (exact) mass is 155 g/mol. The third kappa shape index (κ3) is 4.59. The number of carbonyl (C=O) groups excluding carboxylic acids is 1. The number of amides is 1. The zero-order valence-electron chi connectivity index (χ0n) is 7.99. The number of allylic oxidation sites excluding steroid dienone is 1. The average molecular weight is 155 g/mol. The van der Waals surface area contributed by atoms with E-state index in [0.717, 1.165) is 5.57 Å². The van der Waals surface area contributed by atoms with Crippen LogP contribution in [-0.4, -0.2) is 5.91 Å². The van der Waals surface area contributed by atoms with Crippen LogP contribution in [0.3, 0.4) is 0 Å². The molecule has 0 aromatic rings.